The number of nitrogens with one attached hydrogen (secondary N) is 1. The first-order valence-corrected chi connectivity index (χ1v) is 8.30. The number of ether oxygens (including phenoxy) is 1. The Balaban J connectivity index is 1.58. The first kappa shape index (κ1) is 16.5. The number of aromatic nitrogens is 1. The summed E-state index contributed by atoms with van der Waals surface area (Å²) in [5, 5.41) is 2.87. The summed E-state index contributed by atoms with van der Waals surface area (Å²) < 4.78 is 5.92. The lowest BCUT2D eigenvalue weighted by atomic mass is 10.1. The van der Waals surface area contributed by atoms with Crippen LogP contribution in [0.25, 0.3) is 0 Å². The molecule has 1 fully saturated rings. The van der Waals surface area contributed by atoms with Gasteiger partial charge in [0.2, 0.25) is 5.88 Å². The Bertz CT molecular complexity index is 692. The Morgan fingerprint density at radius 3 is 2.62 bits per heavy atom. The molecule has 0 radical (unpaired) electrons. The molecule has 1 aliphatic heterocycles. The van der Waals surface area contributed by atoms with E-state index in [4.69, 9.17) is 4.74 Å². The number of pyridine rings is 1. The summed E-state index contributed by atoms with van der Waals surface area (Å²) in [5.74, 6) is 0.484. The number of carbonyl (C=O) groups is 1. The van der Waals surface area contributed by atoms with E-state index in [-0.39, 0.29) is 12.0 Å². The first-order chi connectivity index (χ1) is 11.6. The number of hydrogen-bond acceptors (Lipinski definition) is 4. The maximum absolute atomic E-state index is 12.3. The number of amides is 1. The zero-order valence-corrected chi connectivity index (χ0v) is 14.2. The van der Waals surface area contributed by atoms with Crippen LogP contribution < -0.4 is 10.1 Å². The van der Waals surface area contributed by atoms with Gasteiger partial charge in [-0.2, -0.15) is 0 Å². The van der Waals surface area contributed by atoms with Crippen LogP contribution in [0.4, 0.5) is 5.69 Å². The Morgan fingerprint density at radius 2 is 1.96 bits per heavy atom. The largest absolute Gasteiger partial charge is 0.474 e. The number of likely N-dealkylation sites (tertiary alicyclic amines) is 1. The zero-order valence-electron chi connectivity index (χ0n) is 14.2. The molecule has 1 aromatic carbocycles. The van der Waals surface area contributed by atoms with E-state index >= 15 is 0 Å². The van der Waals surface area contributed by atoms with Crippen molar-refractivity contribution in [3.8, 4) is 5.88 Å². The molecule has 0 aliphatic carbocycles. The van der Waals surface area contributed by atoms with Crippen LogP contribution in [0.5, 0.6) is 5.88 Å². The number of piperidine rings is 1. The summed E-state index contributed by atoms with van der Waals surface area (Å²) in [7, 11) is 2.13. The van der Waals surface area contributed by atoms with Gasteiger partial charge in [-0.25, -0.2) is 4.98 Å². The molecule has 1 N–H and O–H groups in total. The lowest BCUT2D eigenvalue weighted by Crippen LogP contribution is -2.35. The minimum absolute atomic E-state index is 0.126. The molecule has 5 nitrogen and oxygen atoms in total. The molecule has 2 aromatic rings. The Morgan fingerprint density at radius 1 is 1.21 bits per heavy atom. The second kappa shape index (κ2) is 7.45. The third kappa shape index (κ3) is 4.11. The molecule has 0 bridgehead atoms. The highest BCUT2D eigenvalue weighted by atomic mass is 16.5. The summed E-state index contributed by atoms with van der Waals surface area (Å²) >= 11 is 0. The van der Waals surface area contributed by atoms with Crippen molar-refractivity contribution in [2.24, 2.45) is 0 Å². The van der Waals surface area contributed by atoms with Gasteiger partial charge in [0.15, 0.2) is 0 Å². The fourth-order valence-corrected chi connectivity index (χ4v) is 2.82. The van der Waals surface area contributed by atoms with Gasteiger partial charge < -0.3 is 15.0 Å². The number of hydrogen-bond donors (Lipinski definition) is 1. The minimum atomic E-state index is -0.126. The van der Waals surface area contributed by atoms with Gasteiger partial charge in [-0.3, -0.25) is 4.79 Å². The summed E-state index contributed by atoms with van der Waals surface area (Å²) in [6.07, 6.45) is 3.90. The quantitative estimate of drug-likeness (QED) is 0.938. The fourth-order valence-electron chi connectivity index (χ4n) is 2.82. The molecule has 2 heterocycles. The van der Waals surface area contributed by atoms with Gasteiger partial charge in [-0.15, -0.1) is 0 Å². The molecule has 0 saturated carbocycles. The van der Waals surface area contributed by atoms with E-state index in [0.29, 0.717) is 17.1 Å². The van der Waals surface area contributed by atoms with Gasteiger partial charge in [0, 0.05) is 24.7 Å². The molecular weight excluding hydrogens is 302 g/mol. The predicted octanol–water partition coefficient (Wildman–Crippen LogP) is 3.12. The van der Waals surface area contributed by atoms with Crippen molar-refractivity contribution in [1.29, 1.82) is 0 Å². The van der Waals surface area contributed by atoms with E-state index < -0.39 is 0 Å². The van der Waals surface area contributed by atoms with Crippen molar-refractivity contribution in [2.45, 2.75) is 25.9 Å². The Kier molecular flexibility index (Phi) is 5.11. The monoisotopic (exact) mass is 325 g/mol. The summed E-state index contributed by atoms with van der Waals surface area (Å²) in [5.41, 5.74) is 2.29. The molecule has 1 aliphatic rings. The average Bonchev–Trinajstić information content (AvgIpc) is 2.59. The highest BCUT2D eigenvalue weighted by molar-refractivity contribution is 6.05. The number of aryl methyl sites for hydroxylation is 1. The summed E-state index contributed by atoms with van der Waals surface area (Å²) in [6, 6.07) is 11.2. The molecule has 3 rings (SSSR count). The molecule has 24 heavy (non-hydrogen) atoms. The van der Waals surface area contributed by atoms with Crippen molar-refractivity contribution in [3.05, 3.63) is 53.7 Å². The van der Waals surface area contributed by atoms with E-state index in [1.807, 2.05) is 43.3 Å². The van der Waals surface area contributed by atoms with Crippen LogP contribution >= 0.6 is 0 Å². The second-order valence-corrected chi connectivity index (χ2v) is 6.27. The van der Waals surface area contributed by atoms with Crippen LogP contribution in [-0.2, 0) is 0 Å². The smallest absolute Gasteiger partial charge is 0.255 e. The SMILES string of the molecule is Cc1ccccc1C(=O)Nc1ccc(OC2CCN(C)CC2)nc1. The molecule has 126 valence electrons. The Labute approximate surface area is 142 Å². The van der Waals surface area contributed by atoms with Gasteiger partial charge in [0.05, 0.1) is 11.9 Å². The summed E-state index contributed by atoms with van der Waals surface area (Å²) in [6.45, 7) is 4.02. The maximum Gasteiger partial charge on any atom is 0.255 e. The van der Waals surface area contributed by atoms with Crippen LogP contribution in [0.1, 0.15) is 28.8 Å². The third-order valence-corrected chi connectivity index (χ3v) is 4.34. The van der Waals surface area contributed by atoms with E-state index in [9.17, 15) is 4.79 Å². The number of benzene rings is 1. The number of rotatable bonds is 4. The second-order valence-electron chi connectivity index (χ2n) is 6.27. The minimum Gasteiger partial charge on any atom is -0.474 e. The summed E-state index contributed by atoms with van der Waals surface area (Å²) in [4.78, 5) is 18.9. The van der Waals surface area contributed by atoms with E-state index in [1.165, 1.54) is 0 Å². The molecule has 1 saturated heterocycles. The molecule has 5 heteroatoms. The highest BCUT2D eigenvalue weighted by Gasteiger charge is 2.18. The topological polar surface area (TPSA) is 54.5 Å². The van der Waals surface area contributed by atoms with E-state index in [1.54, 1.807) is 6.20 Å². The van der Waals surface area contributed by atoms with Crippen LogP contribution in [0.3, 0.4) is 0 Å². The van der Waals surface area contributed by atoms with Crippen molar-refractivity contribution in [2.75, 3.05) is 25.5 Å². The van der Waals surface area contributed by atoms with Crippen molar-refractivity contribution < 1.29 is 9.53 Å². The lowest BCUT2D eigenvalue weighted by molar-refractivity contribution is 0.102. The fraction of sp³-hybridized carbons (Fsp3) is 0.368. The van der Waals surface area contributed by atoms with Crippen molar-refractivity contribution in [3.63, 3.8) is 0 Å². The lowest BCUT2D eigenvalue weighted by Gasteiger charge is -2.28. The van der Waals surface area contributed by atoms with Crippen molar-refractivity contribution in [1.82, 2.24) is 9.88 Å². The normalized spacial score (nSPS) is 15.9. The zero-order chi connectivity index (χ0) is 16.9. The average molecular weight is 325 g/mol. The van der Waals surface area contributed by atoms with Gasteiger partial charge >= 0.3 is 0 Å². The van der Waals surface area contributed by atoms with Crippen LogP contribution in [0.2, 0.25) is 0 Å². The molecule has 0 atom stereocenters. The van der Waals surface area contributed by atoms with E-state index in [0.717, 1.165) is 31.5 Å². The van der Waals surface area contributed by atoms with Crippen molar-refractivity contribution >= 4 is 11.6 Å². The first-order valence-electron chi connectivity index (χ1n) is 8.30. The molecule has 1 amide bonds. The predicted molar refractivity (Wildman–Crippen MR) is 94.5 cm³/mol. The Hall–Kier alpha value is -2.40. The molecule has 0 spiro atoms. The van der Waals surface area contributed by atoms with Gasteiger partial charge in [0.1, 0.15) is 6.10 Å². The highest BCUT2D eigenvalue weighted by Crippen LogP contribution is 2.18. The van der Waals surface area contributed by atoms with Crippen LogP contribution in [0, 0.1) is 6.92 Å². The standard InChI is InChI=1S/C19H23N3O2/c1-14-5-3-4-6-17(14)19(23)21-15-7-8-18(20-13-15)24-16-9-11-22(2)12-10-16/h3-8,13,16H,9-12H2,1-2H3,(H,21,23). The molecule has 0 unspecified atom stereocenters. The van der Waals surface area contributed by atoms with Gasteiger partial charge in [-0.05, 0) is 44.5 Å². The number of anilines is 1. The number of nitrogens with zero attached hydrogens (tertiary/aromatic N) is 2. The van der Waals surface area contributed by atoms with Gasteiger partial charge in [-0.1, -0.05) is 18.2 Å². The molecule has 1 aromatic heterocycles. The third-order valence-electron chi connectivity index (χ3n) is 4.34. The van der Waals surface area contributed by atoms with Crippen LogP contribution in [0.15, 0.2) is 42.6 Å². The number of carbonyl (C=O) groups excluding carboxylic acids is 1. The van der Waals surface area contributed by atoms with Gasteiger partial charge in [0.25, 0.3) is 5.91 Å². The maximum atomic E-state index is 12.3. The van der Waals surface area contributed by atoms with Crippen LogP contribution in [-0.4, -0.2) is 42.0 Å². The van der Waals surface area contributed by atoms with E-state index in [2.05, 4.69) is 22.2 Å². The molecular formula is C19H23N3O2.